The fraction of sp³-hybridized carbons (Fsp3) is 0.0370. The van der Waals surface area contributed by atoms with Crippen molar-refractivity contribution >= 4 is 48.9 Å². The molecule has 0 spiro atoms. The van der Waals surface area contributed by atoms with E-state index in [0.717, 1.165) is 20.8 Å². The average molecular weight is 516 g/mol. The van der Waals surface area contributed by atoms with Crippen LogP contribution in [0.4, 0.5) is 11.4 Å². The summed E-state index contributed by atoms with van der Waals surface area (Å²) in [6.45, 7) is 0. The summed E-state index contributed by atoms with van der Waals surface area (Å²) in [5.74, 6) is 0.203. The topological polar surface area (TPSA) is 97.4 Å². The molecular weight excluding hydrogens is 494 g/mol. The molecule has 180 valence electrons. The molecule has 0 fully saturated rings. The molecule has 1 amide bonds. The number of rotatable bonds is 7. The summed E-state index contributed by atoms with van der Waals surface area (Å²) in [4.78, 5) is 17.6. The fourth-order valence-electron chi connectivity index (χ4n) is 3.59. The van der Waals surface area contributed by atoms with E-state index >= 15 is 0 Å². The molecule has 7 nitrogen and oxygen atoms in total. The minimum Gasteiger partial charge on any atom is -0.497 e. The Morgan fingerprint density at radius 3 is 2.33 bits per heavy atom. The quantitative estimate of drug-likeness (QED) is 0.276. The molecule has 1 heterocycles. The molecule has 4 aromatic carbocycles. The van der Waals surface area contributed by atoms with Gasteiger partial charge in [0.05, 0.1) is 22.2 Å². The zero-order chi connectivity index (χ0) is 25.1. The van der Waals surface area contributed by atoms with Gasteiger partial charge in [0.1, 0.15) is 10.8 Å². The number of hydrogen-bond donors (Lipinski definition) is 2. The first kappa shape index (κ1) is 23.5. The Bertz CT molecular complexity index is 1610. The molecule has 0 aliphatic rings. The van der Waals surface area contributed by atoms with Crippen molar-refractivity contribution in [3.8, 4) is 16.3 Å². The van der Waals surface area contributed by atoms with Crippen molar-refractivity contribution in [3.05, 3.63) is 103 Å². The number of amides is 1. The predicted molar refractivity (Wildman–Crippen MR) is 143 cm³/mol. The molecule has 9 heteroatoms. The standard InChI is InChI=1S/C27H21N3O4S2/c1-34-22-13-15-23(16-14-22)36(32,33)30-21-6-4-5-19(17-21)26(31)28-20-11-9-18(10-12-20)27-29-24-7-2-3-8-25(24)35-27/h2-17,30H,1H3,(H,28,31). The van der Waals surface area contributed by atoms with E-state index in [0.29, 0.717) is 17.0 Å². The second kappa shape index (κ2) is 9.80. The summed E-state index contributed by atoms with van der Waals surface area (Å²) in [7, 11) is -2.31. The van der Waals surface area contributed by atoms with Gasteiger partial charge in [-0.05, 0) is 78.9 Å². The minimum atomic E-state index is -3.82. The van der Waals surface area contributed by atoms with Gasteiger partial charge in [-0.1, -0.05) is 18.2 Å². The number of carbonyl (C=O) groups excluding carboxylic acids is 1. The molecule has 0 saturated heterocycles. The summed E-state index contributed by atoms with van der Waals surface area (Å²) >= 11 is 1.61. The van der Waals surface area contributed by atoms with Crippen molar-refractivity contribution in [1.82, 2.24) is 4.98 Å². The number of ether oxygens (including phenoxy) is 1. The number of aromatic nitrogens is 1. The van der Waals surface area contributed by atoms with Crippen LogP contribution in [0.1, 0.15) is 10.4 Å². The lowest BCUT2D eigenvalue weighted by molar-refractivity contribution is 0.102. The summed E-state index contributed by atoms with van der Waals surface area (Å²) in [5, 5.41) is 3.76. The number of methoxy groups -OCH3 is 1. The molecule has 0 unspecified atom stereocenters. The van der Waals surface area contributed by atoms with E-state index < -0.39 is 10.0 Å². The van der Waals surface area contributed by atoms with Crippen molar-refractivity contribution in [2.75, 3.05) is 17.1 Å². The van der Waals surface area contributed by atoms with Gasteiger partial charge >= 0.3 is 0 Å². The smallest absolute Gasteiger partial charge is 0.261 e. The van der Waals surface area contributed by atoms with Crippen LogP contribution >= 0.6 is 11.3 Å². The van der Waals surface area contributed by atoms with Gasteiger partial charge in [-0.25, -0.2) is 13.4 Å². The predicted octanol–water partition coefficient (Wildman–Crippen LogP) is 6.03. The summed E-state index contributed by atoms with van der Waals surface area (Å²) in [5.41, 5.74) is 3.14. The van der Waals surface area contributed by atoms with Gasteiger partial charge in [-0.3, -0.25) is 9.52 Å². The van der Waals surface area contributed by atoms with Crippen molar-refractivity contribution < 1.29 is 17.9 Å². The maximum absolute atomic E-state index is 12.8. The van der Waals surface area contributed by atoms with E-state index in [1.54, 1.807) is 41.7 Å². The van der Waals surface area contributed by atoms with Gasteiger partial charge < -0.3 is 10.1 Å². The number of nitrogens with one attached hydrogen (secondary N) is 2. The first-order valence-electron chi connectivity index (χ1n) is 11.0. The molecule has 0 bridgehead atoms. The van der Waals surface area contributed by atoms with E-state index in [-0.39, 0.29) is 16.5 Å². The Morgan fingerprint density at radius 2 is 1.61 bits per heavy atom. The molecule has 5 aromatic rings. The van der Waals surface area contributed by atoms with E-state index in [4.69, 9.17) is 4.74 Å². The number of thiazole rings is 1. The van der Waals surface area contributed by atoms with Crippen LogP contribution in [0.2, 0.25) is 0 Å². The van der Waals surface area contributed by atoms with Gasteiger partial charge in [-0.15, -0.1) is 11.3 Å². The normalized spacial score (nSPS) is 11.2. The highest BCUT2D eigenvalue weighted by Crippen LogP contribution is 2.30. The highest BCUT2D eigenvalue weighted by molar-refractivity contribution is 7.92. The van der Waals surface area contributed by atoms with Gasteiger partial charge in [0.25, 0.3) is 15.9 Å². The van der Waals surface area contributed by atoms with Crippen molar-refractivity contribution in [1.29, 1.82) is 0 Å². The summed E-state index contributed by atoms with van der Waals surface area (Å²) < 4.78 is 34.1. The lowest BCUT2D eigenvalue weighted by Crippen LogP contribution is -2.15. The first-order valence-corrected chi connectivity index (χ1v) is 13.3. The maximum Gasteiger partial charge on any atom is 0.261 e. The third-order valence-electron chi connectivity index (χ3n) is 5.43. The first-order chi connectivity index (χ1) is 17.4. The van der Waals surface area contributed by atoms with Crippen molar-refractivity contribution in [2.45, 2.75) is 4.90 Å². The third kappa shape index (κ3) is 5.07. The monoisotopic (exact) mass is 515 g/mol. The largest absolute Gasteiger partial charge is 0.497 e. The number of benzene rings is 4. The highest BCUT2D eigenvalue weighted by atomic mass is 32.2. The Hall–Kier alpha value is -4.21. The average Bonchev–Trinajstić information content (AvgIpc) is 3.33. The fourth-order valence-corrected chi connectivity index (χ4v) is 5.61. The Labute approximate surface area is 212 Å². The molecule has 0 aliphatic heterocycles. The van der Waals surface area contributed by atoms with Crippen LogP contribution in [0, 0.1) is 0 Å². The molecule has 0 radical (unpaired) electrons. The van der Waals surface area contributed by atoms with E-state index in [9.17, 15) is 13.2 Å². The minimum absolute atomic E-state index is 0.0892. The maximum atomic E-state index is 12.8. The second-order valence-corrected chi connectivity index (χ2v) is 10.6. The SMILES string of the molecule is COc1ccc(S(=O)(=O)Nc2cccc(C(=O)Nc3ccc(-c4nc5ccccc5s4)cc3)c2)cc1. The zero-order valence-corrected chi connectivity index (χ0v) is 20.8. The lowest BCUT2D eigenvalue weighted by atomic mass is 10.1. The van der Waals surface area contributed by atoms with Crippen LogP contribution in [-0.2, 0) is 10.0 Å². The van der Waals surface area contributed by atoms with E-state index in [1.165, 1.54) is 25.3 Å². The van der Waals surface area contributed by atoms with Gasteiger partial charge in [0.2, 0.25) is 0 Å². The number of hydrogen-bond acceptors (Lipinski definition) is 6. The van der Waals surface area contributed by atoms with Crippen LogP contribution in [0.5, 0.6) is 5.75 Å². The molecule has 2 N–H and O–H groups in total. The number of anilines is 2. The van der Waals surface area contributed by atoms with Crippen molar-refractivity contribution in [2.24, 2.45) is 0 Å². The zero-order valence-electron chi connectivity index (χ0n) is 19.1. The second-order valence-electron chi connectivity index (χ2n) is 7.88. The van der Waals surface area contributed by atoms with Crippen LogP contribution in [0.3, 0.4) is 0 Å². The van der Waals surface area contributed by atoms with Crippen LogP contribution in [-0.4, -0.2) is 26.4 Å². The Kier molecular flexibility index (Phi) is 6.41. The summed E-state index contributed by atoms with van der Waals surface area (Å²) in [6, 6.07) is 27.8. The van der Waals surface area contributed by atoms with Crippen LogP contribution in [0.25, 0.3) is 20.8 Å². The number of sulfonamides is 1. The molecule has 36 heavy (non-hydrogen) atoms. The number of fused-ring (bicyclic) bond motifs is 1. The number of nitrogens with zero attached hydrogens (tertiary/aromatic N) is 1. The molecular formula is C27H21N3O4S2. The Balaban J connectivity index is 1.28. The van der Waals surface area contributed by atoms with Gasteiger partial charge in [-0.2, -0.15) is 0 Å². The lowest BCUT2D eigenvalue weighted by Gasteiger charge is -2.11. The van der Waals surface area contributed by atoms with Crippen LogP contribution < -0.4 is 14.8 Å². The summed E-state index contributed by atoms with van der Waals surface area (Å²) in [6.07, 6.45) is 0. The molecule has 0 atom stereocenters. The Morgan fingerprint density at radius 1 is 0.861 bits per heavy atom. The van der Waals surface area contributed by atoms with Crippen molar-refractivity contribution in [3.63, 3.8) is 0 Å². The molecule has 0 saturated carbocycles. The van der Waals surface area contributed by atoms with Gasteiger partial charge in [0.15, 0.2) is 0 Å². The van der Waals surface area contributed by atoms with E-state index in [1.807, 2.05) is 48.5 Å². The number of carbonyl (C=O) groups is 1. The third-order valence-corrected chi connectivity index (χ3v) is 7.91. The highest BCUT2D eigenvalue weighted by Gasteiger charge is 2.16. The number of para-hydroxylation sites is 1. The van der Waals surface area contributed by atoms with Crippen LogP contribution in [0.15, 0.2) is 102 Å². The molecule has 5 rings (SSSR count). The van der Waals surface area contributed by atoms with Gasteiger partial charge in [0, 0.05) is 22.5 Å². The molecule has 0 aliphatic carbocycles. The van der Waals surface area contributed by atoms with E-state index in [2.05, 4.69) is 15.0 Å². The molecule has 1 aromatic heterocycles.